The minimum Gasteiger partial charge on any atom is -0.490 e. The fraction of sp³-hybridized carbons (Fsp3) is 0.0909. The number of carbonyl (C=O) groups excluding carboxylic acids is 3. The molecule has 2 N–H and O–H groups in total. The molecule has 0 radical (unpaired) electrons. The zero-order valence-corrected chi connectivity index (χ0v) is 25.6. The van der Waals surface area contributed by atoms with Crippen molar-refractivity contribution in [3.63, 3.8) is 0 Å². The van der Waals surface area contributed by atoms with Crippen LogP contribution in [0.5, 0.6) is 11.5 Å². The van der Waals surface area contributed by atoms with Crippen molar-refractivity contribution in [2.75, 3.05) is 11.9 Å². The molecule has 1 heterocycles. The molecule has 0 spiro atoms. The van der Waals surface area contributed by atoms with E-state index in [1.165, 1.54) is 17.6 Å². The number of hydrazone groups is 1. The molecule has 0 fully saturated rings. The molecule has 5 rings (SSSR count). The number of carbonyl (C=O) groups is 3. The first kappa shape index (κ1) is 30.7. The van der Waals surface area contributed by atoms with Crippen LogP contribution in [-0.4, -0.2) is 30.6 Å². The van der Waals surface area contributed by atoms with Crippen LogP contribution in [0.15, 0.2) is 96.1 Å². The van der Waals surface area contributed by atoms with Crippen LogP contribution in [0.4, 0.5) is 5.69 Å². The van der Waals surface area contributed by atoms with Crippen LogP contribution in [0.2, 0.25) is 10.0 Å². The van der Waals surface area contributed by atoms with Gasteiger partial charge in [-0.25, -0.2) is 5.43 Å². The Morgan fingerprint density at radius 3 is 2.41 bits per heavy atom. The van der Waals surface area contributed by atoms with Gasteiger partial charge in [0.15, 0.2) is 11.5 Å². The van der Waals surface area contributed by atoms with Gasteiger partial charge < -0.3 is 14.8 Å². The summed E-state index contributed by atoms with van der Waals surface area (Å²) in [6.07, 6.45) is 1.58. The summed E-state index contributed by atoms with van der Waals surface area (Å²) in [6, 6.07) is 25.9. The molecule has 0 aliphatic rings. The van der Waals surface area contributed by atoms with Gasteiger partial charge in [-0.2, -0.15) is 5.10 Å². The van der Waals surface area contributed by atoms with E-state index in [-0.39, 0.29) is 12.3 Å². The van der Waals surface area contributed by atoms with Gasteiger partial charge in [0.1, 0.15) is 4.88 Å². The molecule has 2 amide bonds. The van der Waals surface area contributed by atoms with Crippen LogP contribution in [0.1, 0.15) is 38.1 Å². The van der Waals surface area contributed by atoms with E-state index in [0.717, 1.165) is 15.6 Å². The summed E-state index contributed by atoms with van der Waals surface area (Å²) in [5.41, 5.74) is 4.78. The Kier molecular flexibility index (Phi) is 9.91. The summed E-state index contributed by atoms with van der Waals surface area (Å²) in [5, 5.41) is 8.51. The van der Waals surface area contributed by atoms with E-state index in [1.54, 1.807) is 60.7 Å². The van der Waals surface area contributed by atoms with Crippen LogP contribution in [-0.2, 0) is 11.2 Å². The first-order chi connectivity index (χ1) is 21.3. The third kappa shape index (κ3) is 7.62. The molecule has 0 unspecified atom stereocenters. The third-order valence-electron chi connectivity index (χ3n) is 6.27. The van der Waals surface area contributed by atoms with Crippen LogP contribution < -0.4 is 20.2 Å². The fourth-order valence-corrected chi connectivity index (χ4v) is 5.87. The Morgan fingerprint density at radius 1 is 0.886 bits per heavy atom. The standard InChI is InChI=1S/C33H25Cl2N3O5S/c1-2-42-27-16-21(8-15-26(27)43-29(39)17-20-6-4-3-5-7-20)19-36-38-32(40)22-9-12-24(13-10-22)37-33(41)31-30(35)25-14-11-23(34)18-28(25)44-31/h3-16,18-19H,2,17H2,1H3,(H,37,41)(H,38,40)/b36-19-. The lowest BCUT2D eigenvalue weighted by Gasteiger charge is -2.11. The topological polar surface area (TPSA) is 106 Å². The van der Waals surface area contributed by atoms with E-state index >= 15 is 0 Å². The number of amides is 2. The van der Waals surface area contributed by atoms with Crippen molar-refractivity contribution >= 4 is 74.3 Å². The van der Waals surface area contributed by atoms with Crippen molar-refractivity contribution in [3.8, 4) is 11.5 Å². The maximum Gasteiger partial charge on any atom is 0.315 e. The number of fused-ring (bicyclic) bond motifs is 1. The highest BCUT2D eigenvalue weighted by Gasteiger charge is 2.18. The molecule has 4 aromatic carbocycles. The lowest BCUT2D eigenvalue weighted by molar-refractivity contribution is -0.133. The lowest BCUT2D eigenvalue weighted by Crippen LogP contribution is -2.18. The van der Waals surface area contributed by atoms with E-state index in [9.17, 15) is 14.4 Å². The molecule has 11 heteroatoms. The first-order valence-corrected chi connectivity index (χ1v) is 15.0. The van der Waals surface area contributed by atoms with Crippen molar-refractivity contribution in [2.45, 2.75) is 13.3 Å². The second kappa shape index (κ2) is 14.2. The van der Waals surface area contributed by atoms with E-state index < -0.39 is 11.9 Å². The number of thiophene rings is 1. The number of rotatable bonds is 10. The Labute approximate surface area is 267 Å². The number of hydrogen-bond acceptors (Lipinski definition) is 7. The SMILES string of the molecule is CCOc1cc(/C=N\NC(=O)c2ccc(NC(=O)c3sc4cc(Cl)ccc4c3Cl)cc2)ccc1OC(=O)Cc1ccccc1. The van der Waals surface area contributed by atoms with Gasteiger partial charge in [0, 0.05) is 26.4 Å². The fourth-order valence-electron chi connectivity index (χ4n) is 4.19. The molecule has 0 aliphatic heterocycles. The molecule has 1 aromatic heterocycles. The lowest BCUT2D eigenvalue weighted by atomic mass is 10.1. The molecule has 0 bridgehead atoms. The summed E-state index contributed by atoms with van der Waals surface area (Å²) in [7, 11) is 0. The van der Waals surface area contributed by atoms with Crippen LogP contribution >= 0.6 is 34.5 Å². The average Bonchev–Trinajstić information content (AvgIpc) is 3.34. The second-order valence-electron chi connectivity index (χ2n) is 9.39. The molecular formula is C33H25Cl2N3O5S. The van der Waals surface area contributed by atoms with Gasteiger partial charge >= 0.3 is 5.97 Å². The molecule has 0 saturated heterocycles. The summed E-state index contributed by atoms with van der Waals surface area (Å²) >= 11 is 13.7. The third-order valence-corrected chi connectivity index (χ3v) is 8.16. The van der Waals surface area contributed by atoms with Gasteiger partial charge in [-0.3, -0.25) is 14.4 Å². The Bertz CT molecular complexity index is 1860. The molecule has 222 valence electrons. The highest BCUT2D eigenvalue weighted by Crippen LogP contribution is 2.37. The molecule has 0 saturated carbocycles. The van der Waals surface area contributed by atoms with Crippen molar-refractivity contribution in [3.05, 3.63) is 123 Å². The maximum absolute atomic E-state index is 12.8. The summed E-state index contributed by atoms with van der Waals surface area (Å²) in [5.74, 6) is -0.550. The van der Waals surface area contributed by atoms with Crippen molar-refractivity contribution in [1.82, 2.24) is 5.43 Å². The zero-order valence-electron chi connectivity index (χ0n) is 23.3. The number of esters is 1. The number of hydrogen-bond donors (Lipinski definition) is 2. The molecule has 0 atom stereocenters. The summed E-state index contributed by atoms with van der Waals surface area (Å²) in [6.45, 7) is 2.19. The molecule has 0 aliphatic carbocycles. The average molecular weight is 647 g/mol. The van der Waals surface area contributed by atoms with Crippen LogP contribution in [0.3, 0.4) is 0 Å². The van der Waals surface area contributed by atoms with E-state index in [0.29, 0.717) is 49.8 Å². The second-order valence-corrected chi connectivity index (χ2v) is 11.3. The van der Waals surface area contributed by atoms with Crippen LogP contribution in [0.25, 0.3) is 10.1 Å². The van der Waals surface area contributed by atoms with Gasteiger partial charge in [-0.05, 0) is 72.6 Å². The maximum atomic E-state index is 12.8. The minimum absolute atomic E-state index is 0.130. The highest BCUT2D eigenvalue weighted by atomic mass is 35.5. The predicted molar refractivity (Wildman–Crippen MR) is 175 cm³/mol. The minimum atomic E-state index is -0.444. The summed E-state index contributed by atoms with van der Waals surface area (Å²) < 4.78 is 12.0. The van der Waals surface area contributed by atoms with E-state index in [1.807, 2.05) is 37.3 Å². The van der Waals surface area contributed by atoms with Gasteiger partial charge in [-0.15, -0.1) is 11.3 Å². The number of benzene rings is 4. The highest BCUT2D eigenvalue weighted by molar-refractivity contribution is 7.21. The quantitative estimate of drug-likeness (QED) is 0.0698. The van der Waals surface area contributed by atoms with E-state index in [4.69, 9.17) is 32.7 Å². The molecular weight excluding hydrogens is 621 g/mol. The Hall–Kier alpha value is -4.70. The monoisotopic (exact) mass is 645 g/mol. The van der Waals surface area contributed by atoms with Crippen LogP contribution in [0, 0.1) is 0 Å². The number of halogens is 2. The van der Waals surface area contributed by atoms with Gasteiger partial charge in [0.2, 0.25) is 0 Å². The van der Waals surface area contributed by atoms with Gasteiger partial charge in [0.05, 0.1) is 24.3 Å². The smallest absolute Gasteiger partial charge is 0.315 e. The molecule has 5 aromatic rings. The Balaban J connectivity index is 1.17. The number of ether oxygens (including phenoxy) is 2. The van der Waals surface area contributed by atoms with Crippen molar-refractivity contribution in [2.24, 2.45) is 5.10 Å². The van der Waals surface area contributed by atoms with Crippen molar-refractivity contribution < 1.29 is 23.9 Å². The molecule has 44 heavy (non-hydrogen) atoms. The number of nitrogens with one attached hydrogen (secondary N) is 2. The van der Waals surface area contributed by atoms with E-state index in [2.05, 4.69) is 15.8 Å². The number of nitrogens with zero attached hydrogens (tertiary/aromatic N) is 1. The largest absolute Gasteiger partial charge is 0.490 e. The first-order valence-electron chi connectivity index (χ1n) is 13.4. The van der Waals surface area contributed by atoms with Gasteiger partial charge in [0.25, 0.3) is 11.8 Å². The van der Waals surface area contributed by atoms with Crippen molar-refractivity contribution in [1.29, 1.82) is 0 Å². The predicted octanol–water partition coefficient (Wildman–Crippen LogP) is 7.77. The summed E-state index contributed by atoms with van der Waals surface area (Å²) in [4.78, 5) is 38.3. The normalized spacial score (nSPS) is 11.0. The number of anilines is 1. The Morgan fingerprint density at radius 2 is 1.66 bits per heavy atom. The zero-order chi connectivity index (χ0) is 31.1. The van der Waals surface area contributed by atoms with Gasteiger partial charge in [-0.1, -0.05) is 59.6 Å². The molecule has 8 nitrogen and oxygen atoms in total.